The second-order valence-electron chi connectivity index (χ2n) is 6.53. The second-order valence-corrected chi connectivity index (χ2v) is 6.53. The van der Waals surface area contributed by atoms with Crippen LogP contribution in [0, 0.1) is 5.89 Å². The average molecular weight is 327 g/mol. The number of aromatic nitrogens is 2. The summed E-state index contributed by atoms with van der Waals surface area (Å²) < 4.78 is 47.3. The van der Waals surface area contributed by atoms with Gasteiger partial charge >= 0.3 is 0 Å². The number of rotatable bonds is 4. The van der Waals surface area contributed by atoms with Crippen LogP contribution in [0.1, 0.15) is 65.4 Å². The molecule has 7 nitrogen and oxygen atoms in total. The predicted molar refractivity (Wildman–Crippen MR) is 90.4 cm³/mol. The molecule has 23 heavy (non-hydrogen) atoms. The Balaban J connectivity index is 2.38. The molecule has 1 aromatic rings. The zero-order valence-corrected chi connectivity index (χ0v) is 13.5. The molecule has 1 heterocycles. The molecule has 0 saturated heterocycles. The van der Waals surface area contributed by atoms with Crippen molar-refractivity contribution in [2.75, 3.05) is 10.6 Å². The maximum atomic E-state index is 11.8. The van der Waals surface area contributed by atoms with Crippen molar-refractivity contribution in [2.24, 2.45) is 11.6 Å². The molecule has 3 unspecified atom stereocenters. The molecule has 0 radical (unpaired) electrons. The Morgan fingerprint density at radius 1 is 1.57 bits per heavy atom. The van der Waals surface area contributed by atoms with E-state index in [1.54, 1.807) is 0 Å². The van der Waals surface area contributed by atoms with E-state index in [2.05, 4.69) is 20.6 Å². The third-order valence-electron chi connectivity index (χ3n) is 3.24. The zero-order chi connectivity index (χ0) is 22.4. The summed E-state index contributed by atoms with van der Waals surface area (Å²) in [4.78, 5) is 20.0. The van der Waals surface area contributed by atoms with E-state index >= 15 is 0 Å². The van der Waals surface area contributed by atoms with Crippen LogP contribution in [-0.2, 0) is 0 Å². The lowest BCUT2D eigenvalue weighted by Crippen LogP contribution is -2.36. The van der Waals surface area contributed by atoms with Crippen LogP contribution in [0.5, 0.6) is 0 Å². The maximum absolute atomic E-state index is 11.8. The molecule has 128 valence electrons. The highest BCUT2D eigenvalue weighted by Gasteiger charge is 2.27. The number of hydrogen-bond acceptors (Lipinski definition) is 6. The van der Waals surface area contributed by atoms with Crippen molar-refractivity contribution in [1.82, 2.24) is 9.97 Å². The van der Waals surface area contributed by atoms with E-state index in [9.17, 15) is 9.90 Å². The number of aliphatic hydroxyl groups excluding tert-OH is 1. The molecule has 1 aromatic heterocycles. The number of aliphatic hydroxyl groups is 1. The number of amides is 1. The van der Waals surface area contributed by atoms with E-state index in [4.69, 9.17) is 14.0 Å². The molecule has 0 aromatic carbocycles. The first-order chi connectivity index (χ1) is 13.0. The summed E-state index contributed by atoms with van der Waals surface area (Å²) in [5.41, 5.74) is 4.91. The minimum atomic E-state index is -2.86. The van der Waals surface area contributed by atoms with Gasteiger partial charge in [0.1, 0.15) is 5.82 Å². The minimum absolute atomic E-state index is 0.0355. The van der Waals surface area contributed by atoms with Crippen molar-refractivity contribution >= 4 is 17.7 Å². The normalized spacial score (nSPS) is 34.8. The number of nitrogens with two attached hydrogens (primary N) is 1. The smallest absolute Gasteiger partial charge is 0.254 e. The average Bonchev–Trinajstić information content (AvgIpc) is 2.53. The van der Waals surface area contributed by atoms with Gasteiger partial charge in [0.15, 0.2) is 0 Å². The molecular weight excluding hydrogens is 294 g/mol. The molecule has 1 amide bonds. The Labute approximate surface area is 145 Å². The largest absolute Gasteiger partial charge is 0.393 e. The monoisotopic (exact) mass is 327 g/mol. The lowest BCUT2D eigenvalue weighted by Gasteiger charge is -2.32. The summed E-state index contributed by atoms with van der Waals surface area (Å²) in [7, 11) is 0. The molecule has 0 spiro atoms. The van der Waals surface area contributed by atoms with E-state index in [0.29, 0.717) is 0 Å². The number of carbonyl (C=O) groups is 1. The van der Waals surface area contributed by atoms with Gasteiger partial charge in [-0.1, -0.05) is 6.85 Å². The maximum Gasteiger partial charge on any atom is 0.254 e. The molecule has 1 aliphatic carbocycles. The summed E-state index contributed by atoms with van der Waals surface area (Å²) in [5, 5.41) is 16.2. The number of nitrogens with zero attached hydrogens (tertiary/aromatic N) is 2. The van der Waals surface area contributed by atoms with Crippen molar-refractivity contribution in [2.45, 2.75) is 64.5 Å². The Morgan fingerprint density at radius 2 is 2.30 bits per heavy atom. The van der Waals surface area contributed by atoms with Gasteiger partial charge in [0, 0.05) is 26.0 Å². The fraction of sp³-hybridized carbons (Fsp3) is 0.688. The molecule has 3 atom stereocenters. The van der Waals surface area contributed by atoms with Crippen molar-refractivity contribution in [1.29, 1.82) is 0 Å². The number of carbonyl (C=O) groups excluding carboxylic acids is 1. The van der Waals surface area contributed by atoms with Crippen molar-refractivity contribution in [3.05, 3.63) is 11.8 Å². The number of nitrogens with one attached hydrogen (secondary N) is 2. The highest BCUT2D eigenvalue weighted by molar-refractivity contribution is 5.97. The van der Waals surface area contributed by atoms with Crippen LogP contribution < -0.4 is 16.4 Å². The summed E-state index contributed by atoms with van der Waals surface area (Å²) in [6, 6.07) is -1.10. The first-order valence-corrected chi connectivity index (χ1v) is 7.39. The van der Waals surface area contributed by atoms with Crippen LogP contribution in [-0.4, -0.2) is 38.7 Å². The summed E-state index contributed by atoms with van der Waals surface area (Å²) in [6.45, 7) is 2.78. The zero-order valence-electron chi connectivity index (χ0n) is 19.5. The van der Waals surface area contributed by atoms with Crippen LogP contribution in [0.25, 0.3) is 0 Å². The molecule has 1 fully saturated rings. The van der Waals surface area contributed by atoms with Gasteiger partial charge in [-0.25, -0.2) is 4.98 Å². The molecule has 7 heteroatoms. The lowest BCUT2D eigenvalue weighted by atomic mass is 9.85. The molecule has 1 aliphatic rings. The van der Waals surface area contributed by atoms with Crippen molar-refractivity contribution in [3.8, 4) is 0 Å². The van der Waals surface area contributed by atoms with Crippen LogP contribution in [0.4, 0.5) is 11.8 Å². The Hall–Kier alpha value is -1.89. The molecular formula is C16H27N5O2. The van der Waals surface area contributed by atoms with Crippen LogP contribution in [0.2, 0.25) is 0 Å². The van der Waals surface area contributed by atoms with Gasteiger partial charge in [0.2, 0.25) is 5.95 Å². The summed E-state index contributed by atoms with van der Waals surface area (Å²) >= 11 is 0. The van der Waals surface area contributed by atoms with Crippen molar-refractivity contribution in [3.63, 3.8) is 0 Å². The van der Waals surface area contributed by atoms with E-state index in [1.165, 1.54) is 6.20 Å². The van der Waals surface area contributed by atoms with E-state index < -0.39 is 37.2 Å². The van der Waals surface area contributed by atoms with Gasteiger partial charge < -0.3 is 21.5 Å². The first kappa shape index (κ1) is 10.8. The minimum Gasteiger partial charge on any atom is -0.393 e. The Morgan fingerprint density at radius 3 is 2.91 bits per heavy atom. The Kier molecular flexibility index (Phi) is 3.15. The van der Waals surface area contributed by atoms with Crippen LogP contribution in [0.15, 0.2) is 6.20 Å². The third-order valence-corrected chi connectivity index (χ3v) is 3.24. The van der Waals surface area contributed by atoms with Gasteiger partial charge in [-0.15, -0.1) is 0 Å². The van der Waals surface area contributed by atoms with Crippen LogP contribution in [0.3, 0.4) is 0 Å². The summed E-state index contributed by atoms with van der Waals surface area (Å²) in [5.74, 6) is -3.03. The molecule has 1 saturated carbocycles. The highest BCUT2D eigenvalue weighted by Crippen LogP contribution is 2.27. The fourth-order valence-electron chi connectivity index (χ4n) is 2.16. The molecule has 2 rings (SSSR count). The van der Waals surface area contributed by atoms with E-state index in [-0.39, 0.29) is 35.7 Å². The molecule has 0 aliphatic heterocycles. The van der Waals surface area contributed by atoms with E-state index in [0.717, 1.165) is 0 Å². The standard InChI is InChI=1S/C16H27N5O2/c1-9-5-6-10(7-12(9)22)19-14-11(13(17)23)8-18-15(20-14)21-16(2,3)4/h8-10,12,22H,5-7H2,1-4H3,(H2,17,23)(H2,18,19,20,21)/i1D3,7D2,9D. The predicted octanol–water partition coefficient (Wildman–Crippen LogP) is 1.75. The molecule has 0 bridgehead atoms. The lowest BCUT2D eigenvalue weighted by molar-refractivity contribution is 0.0739. The number of anilines is 2. The number of primary amides is 1. The first-order valence-electron chi connectivity index (χ1n) is 10.4. The van der Waals surface area contributed by atoms with Gasteiger partial charge in [0.25, 0.3) is 5.91 Å². The third kappa shape index (κ3) is 4.79. The summed E-state index contributed by atoms with van der Waals surface area (Å²) in [6.07, 6.45) is -3.70. The van der Waals surface area contributed by atoms with Crippen LogP contribution >= 0.6 is 0 Å². The fourth-order valence-corrected chi connectivity index (χ4v) is 2.16. The van der Waals surface area contributed by atoms with Gasteiger partial charge in [0.05, 0.1) is 11.7 Å². The SMILES string of the molecule is [2H]C1([2H])C(Nc2nc(NC(C)(C)C)ncc2C(N)=O)CCC([2H])(C([2H])([2H])[2H])C1O. The Bertz CT molecular complexity index is 782. The topological polar surface area (TPSA) is 113 Å². The number of hydrogen-bond donors (Lipinski definition) is 4. The second kappa shape index (κ2) is 6.70. The quantitative estimate of drug-likeness (QED) is 0.670. The molecule has 5 N–H and O–H groups in total. The van der Waals surface area contributed by atoms with Gasteiger partial charge in [-0.3, -0.25) is 4.79 Å². The highest BCUT2D eigenvalue weighted by atomic mass is 16.3. The van der Waals surface area contributed by atoms with Gasteiger partial charge in [-0.2, -0.15) is 4.98 Å². The van der Waals surface area contributed by atoms with E-state index in [1.807, 2.05) is 20.8 Å². The van der Waals surface area contributed by atoms with Gasteiger partial charge in [-0.05, 0) is 45.9 Å². The van der Waals surface area contributed by atoms with Crippen molar-refractivity contribution < 1.29 is 18.1 Å².